The van der Waals surface area contributed by atoms with Gasteiger partial charge >= 0.3 is 0 Å². The van der Waals surface area contributed by atoms with E-state index in [-0.39, 0.29) is 0 Å². The van der Waals surface area contributed by atoms with Crippen LogP contribution in [0.15, 0.2) is 85.3 Å². The third-order valence-corrected chi connectivity index (χ3v) is 6.99. The Morgan fingerprint density at radius 1 is 0.906 bits per heavy atom. The van der Waals surface area contributed by atoms with Gasteiger partial charge in [0.15, 0.2) is 0 Å². The highest BCUT2D eigenvalue weighted by Gasteiger charge is 2.12. The minimum atomic E-state index is 0.532. The second kappa shape index (κ2) is 7.60. The summed E-state index contributed by atoms with van der Waals surface area (Å²) in [5.41, 5.74) is 6.29. The first-order chi connectivity index (χ1) is 15.8. The van der Waals surface area contributed by atoms with E-state index in [9.17, 15) is 0 Å². The summed E-state index contributed by atoms with van der Waals surface area (Å²) in [6.07, 6.45) is 5.01. The van der Waals surface area contributed by atoms with Crippen molar-refractivity contribution in [2.45, 2.75) is 12.8 Å². The molecule has 0 aliphatic heterocycles. The molecule has 0 saturated heterocycles. The summed E-state index contributed by atoms with van der Waals surface area (Å²) in [4.78, 5) is 10.5. The summed E-state index contributed by atoms with van der Waals surface area (Å²) in [5.74, 6) is 0. The molecule has 0 unspecified atom stereocenters. The van der Waals surface area contributed by atoms with Crippen LogP contribution >= 0.6 is 11.3 Å². The summed E-state index contributed by atoms with van der Waals surface area (Å²) in [5, 5.41) is 11.2. The fourth-order valence-electron chi connectivity index (χ4n) is 4.19. The fourth-order valence-corrected chi connectivity index (χ4v) is 5.25. The van der Waals surface area contributed by atoms with Gasteiger partial charge in [0, 0.05) is 27.1 Å². The molecule has 3 aromatic heterocycles. The van der Waals surface area contributed by atoms with Crippen LogP contribution in [0.25, 0.3) is 48.2 Å². The quantitative estimate of drug-likeness (QED) is 0.305. The zero-order valence-electron chi connectivity index (χ0n) is 17.2. The van der Waals surface area contributed by atoms with Crippen molar-refractivity contribution in [3.63, 3.8) is 0 Å². The van der Waals surface area contributed by atoms with E-state index in [1.807, 2.05) is 23.9 Å². The number of imidazole rings is 1. The minimum Gasteiger partial charge on any atom is -0.298 e. The number of hydrogen-bond acceptors (Lipinski definition) is 4. The van der Waals surface area contributed by atoms with E-state index in [0.717, 1.165) is 34.0 Å². The molecule has 0 amide bonds. The Morgan fingerprint density at radius 3 is 2.62 bits per heavy atom. The lowest BCUT2D eigenvalue weighted by atomic mass is 10.1. The highest BCUT2D eigenvalue weighted by molar-refractivity contribution is 7.22. The van der Waals surface area contributed by atoms with Gasteiger partial charge in [0.25, 0.3) is 0 Å². The Bertz CT molecular complexity index is 1600. The van der Waals surface area contributed by atoms with Gasteiger partial charge in [-0.05, 0) is 59.3 Å². The zero-order chi connectivity index (χ0) is 21.5. The molecule has 0 saturated carbocycles. The number of pyridine rings is 1. The summed E-state index contributed by atoms with van der Waals surface area (Å²) in [7, 11) is 0. The van der Waals surface area contributed by atoms with Gasteiger partial charge in [-0.2, -0.15) is 5.26 Å². The second-order valence-electron chi connectivity index (χ2n) is 7.81. The van der Waals surface area contributed by atoms with Gasteiger partial charge in [-0.25, -0.2) is 4.98 Å². The highest BCUT2D eigenvalue weighted by atomic mass is 32.1. The molecule has 0 N–H and O–H groups in total. The van der Waals surface area contributed by atoms with Crippen LogP contribution in [0.5, 0.6) is 0 Å². The van der Waals surface area contributed by atoms with Crippen molar-refractivity contribution in [3.8, 4) is 22.2 Å². The van der Waals surface area contributed by atoms with Crippen molar-refractivity contribution in [3.05, 3.63) is 90.9 Å². The van der Waals surface area contributed by atoms with Crippen LogP contribution in [-0.2, 0) is 6.42 Å². The number of benzene rings is 3. The number of fused-ring (bicyclic) bond motifs is 4. The first kappa shape index (κ1) is 18.7. The van der Waals surface area contributed by atoms with Crippen molar-refractivity contribution in [1.82, 2.24) is 14.5 Å². The SMILES string of the molecule is N#CCCc1ccc(-n2cnc3cnc4ccc(-c5cc6ccccc6s5)cc4c32)cc1. The van der Waals surface area contributed by atoms with Crippen LogP contribution in [0.3, 0.4) is 0 Å². The first-order valence-electron chi connectivity index (χ1n) is 10.5. The van der Waals surface area contributed by atoms with E-state index >= 15 is 0 Å². The topological polar surface area (TPSA) is 54.5 Å². The molecule has 5 heteroatoms. The van der Waals surface area contributed by atoms with Crippen molar-refractivity contribution in [1.29, 1.82) is 5.26 Å². The third kappa shape index (κ3) is 3.13. The van der Waals surface area contributed by atoms with E-state index in [4.69, 9.17) is 5.26 Å². The van der Waals surface area contributed by atoms with E-state index in [1.165, 1.54) is 26.1 Å². The van der Waals surface area contributed by atoms with E-state index in [1.54, 1.807) is 0 Å². The lowest BCUT2D eigenvalue weighted by Gasteiger charge is -2.09. The largest absolute Gasteiger partial charge is 0.298 e. The van der Waals surface area contributed by atoms with Gasteiger partial charge in [0.1, 0.15) is 11.8 Å². The van der Waals surface area contributed by atoms with Gasteiger partial charge in [0.05, 0.1) is 23.3 Å². The van der Waals surface area contributed by atoms with Gasteiger partial charge in [0.2, 0.25) is 0 Å². The van der Waals surface area contributed by atoms with Gasteiger partial charge < -0.3 is 0 Å². The standard InChI is InChI=1S/C27H18N4S/c28-13-3-4-18-7-10-21(11-8-18)31-17-30-24-16-29-23-12-9-20(14-22(23)27(24)31)26-15-19-5-1-2-6-25(19)32-26/h1-2,5-12,14-17H,3-4H2. The molecular formula is C27H18N4S. The lowest BCUT2D eigenvalue weighted by molar-refractivity contribution is 1.00. The number of nitrogens with zero attached hydrogens (tertiary/aromatic N) is 4. The molecule has 0 fully saturated rings. The van der Waals surface area contributed by atoms with Crippen LogP contribution in [0.2, 0.25) is 0 Å². The van der Waals surface area contributed by atoms with Crippen LogP contribution in [0.4, 0.5) is 0 Å². The molecular weight excluding hydrogens is 412 g/mol. The summed E-state index contributed by atoms with van der Waals surface area (Å²) >= 11 is 1.81. The number of aryl methyl sites for hydroxylation is 1. The van der Waals surface area contributed by atoms with E-state index in [0.29, 0.717) is 6.42 Å². The number of rotatable bonds is 4. The number of aromatic nitrogens is 3. The maximum atomic E-state index is 8.83. The minimum absolute atomic E-state index is 0.532. The molecule has 4 nitrogen and oxygen atoms in total. The van der Waals surface area contributed by atoms with Crippen LogP contribution in [-0.4, -0.2) is 14.5 Å². The van der Waals surface area contributed by atoms with Gasteiger partial charge in [-0.1, -0.05) is 36.4 Å². The smallest absolute Gasteiger partial charge is 0.108 e. The molecule has 0 atom stereocenters. The summed E-state index contributed by atoms with van der Waals surface area (Å²) in [6, 6.07) is 27.8. The van der Waals surface area contributed by atoms with Crippen LogP contribution in [0, 0.1) is 11.3 Å². The maximum Gasteiger partial charge on any atom is 0.108 e. The second-order valence-corrected chi connectivity index (χ2v) is 8.90. The molecule has 6 rings (SSSR count). The molecule has 0 aliphatic rings. The van der Waals surface area contributed by atoms with E-state index < -0.39 is 0 Å². The number of hydrogen-bond donors (Lipinski definition) is 0. The molecule has 0 aliphatic carbocycles. The van der Waals surface area contributed by atoms with Crippen molar-refractivity contribution in [2.75, 3.05) is 0 Å². The molecule has 3 heterocycles. The Labute approximate surface area is 189 Å². The molecule has 0 bridgehead atoms. The zero-order valence-corrected chi connectivity index (χ0v) is 18.0. The first-order valence-corrected chi connectivity index (χ1v) is 11.3. The lowest BCUT2D eigenvalue weighted by Crippen LogP contribution is -1.94. The molecule has 32 heavy (non-hydrogen) atoms. The third-order valence-electron chi connectivity index (χ3n) is 5.82. The van der Waals surface area contributed by atoms with Gasteiger partial charge in [-0.3, -0.25) is 9.55 Å². The van der Waals surface area contributed by atoms with Crippen molar-refractivity contribution < 1.29 is 0 Å². The average molecular weight is 431 g/mol. The predicted octanol–water partition coefficient (Wildman–Crippen LogP) is 6.91. The van der Waals surface area contributed by atoms with E-state index in [2.05, 4.69) is 93.4 Å². The monoisotopic (exact) mass is 430 g/mol. The van der Waals surface area contributed by atoms with Crippen molar-refractivity contribution in [2.24, 2.45) is 0 Å². The Morgan fingerprint density at radius 2 is 1.78 bits per heavy atom. The molecule has 0 spiro atoms. The Kier molecular flexibility index (Phi) is 4.45. The Hall–Kier alpha value is -4.01. The maximum absolute atomic E-state index is 8.83. The number of thiophene rings is 1. The number of nitriles is 1. The van der Waals surface area contributed by atoms with Crippen LogP contribution in [0.1, 0.15) is 12.0 Å². The molecule has 6 aromatic rings. The normalized spacial score (nSPS) is 11.3. The Balaban J connectivity index is 1.50. The summed E-state index contributed by atoms with van der Waals surface area (Å²) in [6.45, 7) is 0. The molecule has 0 radical (unpaired) electrons. The van der Waals surface area contributed by atoms with Gasteiger partial charge in [-0.15, -0.1) is 11.3 Å². The fraction of sp³-hybridized carbons (Fsp3) is 0.0741. The molecule has 152 valence electrons. The van der Waals surface area contributed by atoms with Crippen LogP contribution < -0.4 is 0 Å². The molecule has 3 aromatic carbocycles. The summed E-state index contributed by atoms with van der Waals surface area (Å²) < 4.78 is 3.42. The van der Waals surface area contributed by atoms with Crippen molar-refractivity contribution >= 4 is 43.4 Å². The predicted molar refractivity (Wildman–Crippen MR) is 131 cm³/mol. The highest BCUT2D eigenvalue weighted by Crippen LogP contribution is 2.36. The average Bonchev–Trinajstić information content (AvgIpc) is 3.47.